The zero-order valence-corrected chi connectivity index (χ0v) is 25.2. The van der Waals surface area contributed by atoms with E-state index in [-0.39, 0.29) is 37.1 Å². The highest BCUT2D eigenvalue weighted by Crippen LogP contribution is 2.30. The maximum Gasteiger partial charge on any atom is 0.409 e. The first-order valence-corrected chi connectivity index (χ1v) is 14.3. The highest BCUT2D eigenvalue weighted by atomic mass is 35.5. The minimum atomic E-state index is -1.44. The normalized spacial score (nSPS) is 21.7. The molecule has 0 bridgehead atoms. The van der Waals surface area contributed by atoms with E-state index in [2.05, 4.69) is 15.5 Å². The third-order valence-corrected chi connectivity index (χ3v) is 8.29. The number of methoxy groups -OCH3 is 1. The lowest BCUT2D eigenvalue weighted by Gasteiger charge is -2.53. The Balaban J connectivity index is 1.83. The van der Waals surface area contributed by atoms with Crippen molar-refractivity contribution < 1.29 is 34.1 Å². The summed E-state index contributed by atoms with van der Waals surface area (Å²) < 4.78 is 5.07. The molecule has 0 saturated carbocycles. The van der Waals surface area contributed by atoms with Crippen LogP contribution in [0.25, 0.3) is 0 Å². The number of carbonyl (C=O) groups is 4. The quantitative estimate of drug-likeness (QED) is 0.281. The molecule has 4 N–H and O–H groups in total. The van der Waals surface area contributed by atoms with Crippen molar-refractivity contribution in [3.63, 3.8) is 0 Å². The third kappa shape index (κ3) is 8.81. The first-order chi connectivity index (χ1) is 19.3. The number of benzene rings is 1. The Morgan fingerprint density at radius 3 is 2.44 bits per heavy atom. The predicted molar refractivity (Wildman–Crippen MR) is 156 cm³/mol. The first-order valence-electron chi connectivity index (χ1n) is 13.1. The molecule has 12 nitrogen and oxygen atoms in total. The number of nitrogens with one attached hydrogen (secondary N) is 2. The maximum absolute atomic E-state index is 13.8. The molecule has 0 aliphatic carbocycles. The van der Waals surface area contributed by atoms with Gasteiger partial charge in [-0.3, -0.25) is 14.5 Å². The van der Waals surface area contributed by atoms with Crippen LogP contribution in [0, 0.1) is 0 Å². The molecule has 0 spiro atoms. The molecule has 2 fully saturated rings. The smallest absolute Gasteiger partial charge is 0.409 e. The van der Waals surface area contributed by atoms with Gasteiger partial charge < -0.3 is 35.4 Å². The summed E-state index contributed by atoms with van der Waals surface area (Å²) in [6, 6.07) is 3.01. The van der Waals surface area contributed by atoms with Crippen LogP contribution in [0.5, 0.6) is 0 Å². The molecule has 226 valence electrons. The summed E-state index contributed by atoms with van der Waals surface area (Å²) in [4.78, 5) is 54.8. The van der Waals surface area contributed by atoms with E-state index in [1.54, 1.807) is 28.0 Å². The summed E-state index contributed by atoms with van der Waals surface area (Å²) >= 11 is 17.4. The second-order valence-corrected chi connectivity index (χ2v) is 11.7. The molecule has 2 saturated heterocycles. The molecule has 2 heterocycles. The Morgan fingerprint density at radius 1 is 1.17 bits per heavy atom. The third-order valence-electron chi connectivity index (χ3n) is 7.29. The predicted octanol–water partition coefficient (Wildman–Crippen LogP) is 2.06. The second kappa shape index (κ2) is 14.3. The van der Waals surface area contributed by atoms with Crippen molar-refractivity contribution in [2.45, 2.75) is 50.2 Å². The number of aliphatic carboxylic acids is 2. The number of carboxylic acids is 2. The van der Waals surface area contributed by atoms with Crippen LogP contribution in [0.15, 0.2) is 18.2 Å². The van der Waals surface area contributed by atoms with Crippen LogP contribution in [0.1, 0.15) is 31.7 Å². The summed E-state index contributed by atoms with van der Waals surface area (Å²) in [7, 11) is 1.28. The molecule has 3 atom stereocenters. The van der Waals surface area contributed by atoms with Crippen LogP contribution in [-0.2, 0) is 25.5 Å². The van der Waals surface area contributed by atoms with Gasteiger partial charge in [-0.05, 0) is 62.8 Å². The minimum absolute atomic E-state index is 0.0523. The average Bonchev–Trinajstić information content (AvgIpc) is 3.41. The van der Waals surface area contributed by atoms with Crippen LogP contribution >= 0.6 is 35.4 Å². The van der Waals surface area contributed by atoms with Crippen molar-refractivity contribution in [1.82, 2.24) is 25.3 Å². The van der Waals surface area contributed by atoms with Crippen molar-refractivity contribution in [1.29, 1.82) is 0 Å². The van der Waals surface area contributed by atoms with E-state index >= 15 is 0 Å². The number of rotatable bonds is 10. The molecule has 2 aliphatic heterocycles. The van der Waals surface area contributed by atoms with Crippen LogP contribution in [-0.4, -0.2) is 118 Å². The van der Waals surface area contributed by atoms with Gasteiger partial charge in [-0.25, -0.2) is 9.59 Å². The van der Waals surface area contributed by atoms with Crippen LogP contribution in [0.4, 0.5) is 4.79 Å². The Morgan fingerprint density at radius 2 is 1.85 bits per heavy atom. The van der Waals surface area contributed by atoms with Gasteiger partial charge in [0.1, 0.15) is 6.04 Å². The van der Waals surface area contributed by atoms with Gasteiger partial charge in [0.25, 0.3) is 0 Å². The van der Waals surface area contributed by atoms with E-state index in [0.717, 1.165) is 25.9 Å². The molecule has 1 aromatic carbocycles. The highest BCUT2D eigenvalue weighted by Gasteiger charge is 2.47. The molecule has 1 aromatic rings. The molecule has 0 aromatic heterocycles. The maximum atomic E-state index is 13.8. The van der Waals surface area contributed by atoms with Crippen molar-refractivity contribution in [2.24, 2.45) is 0 Å². The number of hydrogen-bond acceptors (Lipinski definition) is 7. The summed E-state index contributed by atoms with van der Waals surface area (Å²) in [5.41, 5.74) is -0.0433. The van der Waals surface area contributed by atoms with E-state index in [9.17, 15) is 24.3 Å². The van der Waals surface area contributed by atoms with Gasteiger partial charge in [-0.15, -0.1) is 0 Å². The molecule has 2 amide bonds. The summed E-state index contributed by atoms with van der Waals surface area (Å²) in [5, 5.41) is 24.3. The standard InChI is InChI=1S/C26H35Cl2N5O7S/c1-26(14-31-7-3-4-8-31)15-32(25(39)40-2)17(12-29-24(41)30-20(23(37)38)11-22(35)36)13-33(26)21(34)10-16-5-6-18(27)19(28)9-16/h5-6,9,17,20H,3-4,7-8,10-15H2,1-2H3,(H,35,36)(H,37,38)(H2,29,30,41)/t17-,20-,26+/m0/s1. The number of halogens is 2. The number of amides is 2. The lowest BCUT2D eigenvalue weighted by atomic mass is 9.91. The second-order valence-electron chi connectivity index (χ2n) is 10.5. The summed E-state index contributed by atoms with van der Waals surface area (Å²) in [6.07, 6.45) is 0.935. The number of ether oxygens (including phenoxy) is 1. The van der Waals surface area contributed by atoms with Gasteiger partial charge in [0.15, 0.2) is 5.11 Å². The SMILES string of the molecule is COC(=O)N1C[C@@](C)(CN2CCCC2)N(C(=O)Cc2ccc(Cl)c(Cl)c2)C[C@@H]1CNC(=S)N[C@@H](CC(=O)O)C(=O)O. The number of likely N-dealkylation sites (tertiary alicyclic amines) is 1. The molecular formula is C26H35Cl2N5O7S. The highest BCUT2D eigenvalue weighted by molar-refractivity contribution is 7.80. The molecule has 0 unspecified atom stereocenters. The number of carbonyl (C=O) groups excluding carboxylic acids is 2. The number of hydrogen-bond donors (Lipinski definition) is 4. The Bertz CT molecular complexity index is 1170. The van der Waals surface area contributed by atoms with Crippen molar-refractivity contribution in [2.75, 3.05) is 46.4 Å². The van der Waals surface area contributed by atoms with Gasteiger partial charge in [-0.1, -0.05) is 29.3 Å². The Kier molecular flexibility index (Phi) is 11.4. The zero-order chi connectivity index (χ0) is 30.3. The fourth-order valence-electron chi connectivity index (χ4n) is 5.29. The largest absolute Gasteiger partial charge is 0.481 e. The molecule has 2 aliphatic rings. The topological polar surface area (TPSA) is 152 Å². The van der Waals surface area contributed by atoms with Crippen molar-refractivity contribution in [3.05, 3.63) is 33.8 Å². The van der Waals surface area contributed by atoms with E-state index in [4.69, 9.17) is 45.3 Å². The minimum Gasteiger partial charge on any atom is -0.481 e. The fraction of sp³-hybridized carbons (Fsp3) is 0.577. The summed E-state index contributed by atoms with van der Waals surface area (Å²) in [5.74, 6) is -2.83. The monoisotopic (exact) mass is 631 g/mol. The van der Waals surface area contributed by atoms with E-state index in [1.165, 1.54) is 7.11 Å². The van der Waals surface area contributed by atoms with Crippen LogP contribution in [0.3, 0.4) is 0 Å². The molecule has 41 heavy (non-hydrogen) atoms. The zero-order valence-electron chi connectivity index (χ0n) is 22.9. The average molecular weight is 633 g/mol. The number of nitrogens with zero attached hydrogens (tertiary/aromatic N) is 3. The Hall–Kier alpha value is -2.87. The molecule has 0 radical (unpaired) electrons. The van der Waals surface area contributed by atoms with Gasteiger partial charge in [0.2, 0.25) is 5.91 Å². The van der Waals surface area contributed by atoms with Gasteiger partial charge in [-0.2, -0.15) is 0 Å². The Labute approximate surface area is 253 Å². The van der Waals surface area contributed by atoms with Crippen molar-refractivity contribution >= 4 is 64.5 Å². The van der Waals surface area contributed by atoms with Crippen LogP contribution < -0.4 is 10.6 Å². The molecule has 3 rings (SSSR count). The number of piperazine rings is 1. The van der Waals surface area contributed by atoms with Crippen LogP contribution in [0.2, 0.25) is 10.0 Å². The number of thiocarbonyl (C=S) groups is 1. The molecular weight excluding hydrogens is 597 g/mol. The van der Waals surface area contributed by atoms with Gasteiger partial charge in [0, 0.05) is 26.2 Å². The number of carboxylic acid groups (broad SMARTS) is 2. The van der Waals surface area contributed by atoms with E-state index in [1.807, 2.05) is 6.92 Å². The lowest BCUT2D eigenvalue weighted by Crippen LogP contribution is -2.71. The molecule has 15 heteroatoms. The fourth-order valence-corrected chi connectivity index (χ4v) is 5.84. The van der Waals surface area contributed by atoms with Gasteiger partial charge >= 0.3 is 18.0 Å². The van der Waals surface area contributed by atoms with Gasteiger partial charge in [0.05, 0.1) is 41.6 Å². The van der Waals surface area contributed by atoms with Crippen molar-refractivity contribution in [3.8, 4) is 0 Å². The first kappa shape index (κ1) is 32.6. The lowest BCUT2D eigenvalue weighted by molar-refractivity contribution is -0.145. The summed E-state index contributed by atoms with van der Waals surface area (Å²) in [6.45, 7) is 4.69. The van der Waals surface area contributed by atoms with E-state index in [0.29, 0.717) is 22.2 Å². The van der Waals surface area contributed by atoms with E-state index < -0.39 is 42.1 Å².